The first-order valence-corrected chi connectivity index (χ1v) is 5.59. The van der Waals surface area contributed by atoms with E-state index in [1.807, 2.05) is 13.8 Å². The molecule has 1 aliphatic rings. The fraction of sp³-hybridized carbons (Fsp3) is 0.727. The van der Waals surface area contributed by atoms with Gasteiger partial charge >= 0.3 is 17.9 Å². The van der Waals surface area contributed by atoms with Gasteiger partial charge in [-0.2, -0.15) is 0 Å². The molecule has 1 saturated heterocycles. The van der Waals surface area contributed by atoms with Gasteiger partial charge in [0.25, 0.3) is 0 Å². The number of carboxylic acids is 2. The maximum Gasteiger partial charge on any atom is 0.345 e. The summed E-state index contributed by atoms with van der Waals surface area (Å²) >= 11 is 0. The second-order valence-electron chi connectivity index (χ2n) is 3.10. The van der Waals surface area contributed by atoms with E-state index >= 15 is 0 Å². The molecular formula is C11H20O6. The van der Waals surface area contributed by atoms with Crippen molar-refractivity contribution in [1.29, 1.82) is 0 Å². The molecule has 17 heavy (non-hydrogen) atoms. The van der Waals surface area contributed by atoms with Crippen molar-refractivity contribution < 1.29 is 29.3 Å². The molecule has 0 bridgehead atoms. The molecule has 100 valence electrons. The first-order chi connectivity index (χ1) is 7.93. The Labute approximate surface area is 101 Å². The van der Waals surface area contributed by atoms with Crippen molar-refractivity contribution in [2.24, 2.45) is 5.92 Å². The maximum atomic E-state index is 10.5. The van der Waals surface area contributed by atoms with Gasteiger partial charge < -0.3 is 14.9 Å². The topological polar surface area (TPSA) is 101 Å². The highest BCUT2D eigenvalue weighted by molar-refractivity contribution is 5.90. The Kier molecular flexibility index (Phi) is 10.1. The number of cyclic esters (lactones) is 1. The van der Waals surface area contributed by atoms with E-state index in [-0.39, 0.29) is 6.42 Å². The van der Waals surface area contributed by atoms with Gasteiger partial charge in [0, 0.05) is 0 Å². The molecule has 0 aromatic carbocycles. The Morgan fingerprint density at radius 3 is 1.88 bits per heavy atom. The third-order valence-corrected chi connectivity index (χ3v) is 1.57. The van der Waals surface area contributed by atoms with Crippen LogP contribution >= 0.6 is 0 Å². The SMILES string of the molecule is CC.CCC.O=C1CC(C(=O)O)C(C(=O)O)O1. The average Bonchev–Trinajstić information content (AvgIpc) is 2.65. The Morgan fingerprint density at radius 2 is 1.65 bits per heavy atom. The van der Waals surface area contributed by atoms with Crippen LogP contribution in [0.1, 0.15) is 40.5 Å². The molecule has 2 atom stereocenters. The normalized spacial score (nSPS) is 21.3. The molecule has 1 heterocycles. The van der Waals surface area contributed by atoms with Crippen LogP contribution in [0.4, 0.5) is 0 Å². The number of carbonyl (C=O) groups is 3. The molecule has 0 spiro atoms. The number of carboxylic acid groups (broad SMARTS) is 2. The van der Waals surface area contributed by atoms with E-state index in [9.17, 15) is 14.4 Å². The number of carbonyl (C=O) groups excluding carboxylic acids is 1. The summed E-state index contributed by atoms with van der Waals surface area (Å²) in [5.41, 5.74) is 0. The molecule has 0 aromatic heterocycles. The Balaban J connectivity index is 0. The van der Waals surface area contributed by atoms with Gasteiger partial charge in [0.05, 0.1) is 6.42 Å². The lowest BCUT2D eigenvalue weighted by molar-refractivity contribution is -0.161. The van der Waals surface area contributed by atoms with E-state index in [4.69, 9.17) is 10.2 Å². The number of esters is 1. The zero-order valence-electron chi connectivity index (χ0n) is 10.6. The van der Waals surface area contributed by atoms with Crippen LogP contribution in [0.25, 0.3) is 0 Å². The number of hydrogen-bond donors (Lipinski definition) is 2. The standard InChI is InChI=1S/C6H6O6.C3H8.C2H6/c7-3-1-2(5(8)9)4(12-3)6(10)11;1-3-2;1-2/h2,4H,1H2,(H,8,9)(H,10,11);3H2,1-2H3;1-2H3. The molecule has 0 radical (unpaired) electrons. The van der Waals surface area contributed by atoms with Gasteiger partial charge in [-0.15, -0.1) is 0 Å². The predicted molar refractivity (Wildman–Crippen MR) is 60.6 cm³/mol. The van der Waals surface area contributed by atoms with E-state index in [1.54, 1.807) is 0 Å². The summed E-state index contributed by atoms with van der Waals surface area (Å²) in [4.78, 5) is 31.2. The van der Waals surface area contributed by atoms with E-state index in [1.165, 1.54) is 6.42 Å². The number of aliphatic carboxylic acids is 2. The fourth-order valence-electron chi connectivity index (χ4n) is 0.998. The highest BCUT2D eigenvalue weighted by Crippen LogP contribution is 2.22. The second-order valence-corrected chi connectivity index (χ2v) is 3.10. The summed E-state index contributed by atoms with van der Waals surface area (Å²) in [5.74, 6) is -4.79. The molecule has 0 aliphatic carbocycles. The number of hydrogen-bond acceptors (Lipinski definition) is 4. The van der Waals surface area contributed by atoms with Gasteiger partial charge in [0.2, 0.25) is 6.10 Å². The van der Waals surface area contributed by atoms with Crippen LogP contribution in [0.2, 0.25) is 0 Å². The largest absolute Gasteiger partial charge is 0.481 e. The molecule has 1 rings (SSSR count). The minimum Gasteiger partial charge on any atom is -0.481 e. The Hall–Kier alpha value is -1.59. The monoisotopic (exact) mass is 248 g/mol. The van der Waals surface area contributed by atoms with Crippen LogP contribution in [0.3, 0.4) is 0 Å². The summed E-state index contributed by atoms with van der Waals surface area (Å²) < 4.78 is 4.28. The second kappa shape index (κ2) is 9.62. The van der Waals surface area contributed by atoms with Crippen LogP contribution in [-0.4, -0.2) is 34.2 Å². The zero-order chi connectivity index (χ0) is 14.0. The zero-order valence-corrected chi connectivity index (χ0v) is 10.6. The lowest BCUT2D eigenvalue weighted by Gasteiger charge is -2.07. The molecule has 0 amide bonds. The van der Waals surface area contributed by atoms with Crippen molar-refractivity contribution in [3.8, 4) is 0 Å². The molecule has 2 N–H and O–H groups in total. The maximum absolute atomic E-state index is 10.5. The van der Waals surface area contributed by atoms with Gasteiger partial charge in [-0.1, -0.05) is 34.1 Å². The minimum atomic E-state index is -1.53. The molecule has 0 aromatic rings. The smallest absolute Gasteiger partial charge is 0.345 e. The minimum absolute atomic E-state index is 0.369. The molecule has 6 heteroatoms. The van der Waals surface area contributed by atoms with Crippen molar-refractivity contribution in [1.82, 2.24) is 0 Å². The van der Waals surface area contributed by atoms with Gasteiger partial charge in [-0.25, -0.2) is 4.79 Å². The molecule has 2 unspecified atom stereocenters. The molecular weight excluding hydrogens is 228 g/mol. The van der Waals surface area contributed by atoms with E-state index in [0.29, 0.717) is 0 Å². The van der Waals surface area contributed by atoms with E-state index < -0.39 is 29.9 Å². The van der Waals surface area contributed by atoms with Crippen molar-refractivity contribution in [2.75, 3.05) is 0 Å². The predicted octanol–water partition coefficient (Wildman–Crippen LogP) is 1.53. The van der Waals surface area contributed by atoms with Crippen molar-refractivity contribution in [3.63, 3.8) is 0 Å². The third-order valence-electron chi connectivity index (χ3n) is 1.57. The molecule has 0 saturated carbocycles. The van der Waals surface area contributed by atoms with Crippen molar-refractivity contribution in [2.45, 2.75) is 46.6 Å². The fourth-order valence-corrected chi connectivity index (χ4v) is 0.998. The van der Waals surface area contributed by atoms with Crippen LogP contribution in [0, 0.1) is 5.92 Å². The molecule has 6 nitrogen and oxygen atoms in total. The highest BCUT2D eigenvalue weighted by atomic mass is 16.6. The van der Waals surface area contributed by atoms with Crippen LogP contribution < -0.4 is 0 Å². The summed E-state index contributed by atoms with van der Waals surface area (Å²) in [6.45, 7) is 8.25. The lowest BCUT2D eigenvalue weighted by atomic mass is 10.0. The van der Waals surface area contributed by atoms with Crippen LogP contribution in [-0.2, 0) is 19.1 Å². The van der Waals surface area contributed by atoms with Crippen molar-refractivity contribution >= 4 is 17.9 Å². The van der Waals surface area contributed by atoms with Crippen molar-refractivity contribution in [3.05, 3.63) is 0 Å². The summed E-state index contributed by atoms with van der Waals surface area (Å²) in [6, 6.07) is 0. The highest BCUT2D eigenvalue weighted by Gasteiger charge is 2.44. The number of rotatable bonds is 2. The summed E-state index contributed by atoms with van der Waals surface area (Å²) in [7, 11) is 0. The van der Waals surface area contributed by atoms with Gasteiger partial charge in [-0.05, 0) is 0 Å². The van der Waals surface area contributed by atoms with E-state index in [2.05, 4.69) is 18.6 Å². The lowest BCUT2D eigenvalue weighted by Crippen LogP contribution is -2.31. The quantitative estimate of drug-likeness (QED) is 0.718. The average molecular weight is 248 g/mol. The molecule has 1 aliphatic heterocycles. The van der Waals surface area contributed by atoms with Gasteiger partial charge in [0.15, 0.2) is 0 Å². The third kappa shape index (κ3) is 6.55. The van der Waals surface area contributed by atoms with Gasteiger partial charge in [0.1, 0.15) is 5.92 Å². The summed E-state index contributed by atoms with van der Waals surface area (Å²) in [6.07, 6.45) is -0.651. The van der Waals surface area contributed by atoms with Gasteiger partial charge in [-0.3, -0.25) is 9.59 Å². The Morgan fingerprint density at radius 1 is 1.24 bits per heavy atom. The van der Waals surface area contributed by atoms with E-state index in [0.717, 1.165) is 0 Å². The summed E-state index contributed by atoms with van der Waals surface area (Å²) in [5, 5.41) is 16.9. The first-order valence-electron chi connectivity index (χ1n) is 5.59. The Bertz CT molecular complexity index is 237. The molecule has 1 fully saturated rings. The van der Waals surface area contributed by atoms with Crippen LogP contribution in [0.15, 0.2) is 0 Å². The number of ether oxygens (including phenoxy) is 1. The van der Waals surface area contributed by atoms with Crippen LogP contribution in [0.5, 0.6) is 0 Å². The first kappa shape index (κ1) is 17.8.